The number of aliphatic carboxylic acids is 2. The minimum absolute atomic E-state index is 0.0495. The lowest BCUT2D eigenvalue weighted by molar-refractivity contribution is -0.136. The molecule has 0 saturated carbocycles. The Morgan fingerprint density at radius 2 is 0.821 bits per heavy atom. The third-order valence-corrected chi connectivity index (χ3v) is 5.51. The maximum absolute atomic E-state index is 11.3. The maximum atomic E-state index is 11.3. The lowest BCUT2D eigenvalue weighted by Gasteiger charge is -2.07. The van der Waals surface area contributed by atoms with Gasteiger partial charge >= 0.3 is 11.9 Å². The molecule has 0 aliphatic carbocycles. The Balaban J connectivity index is 3.55. The molecule has 0 fully saturated rings. The molecule has 0 rings (SSSR count). The predicted octanol–water partition coefficient (Wildman–Crippen LogP) is 7.51. The summed E-state index contributed by atoms with van der Waals surface area (Å²) < 4.78 is 0. The Hall–Kier alpha value is -1.32. The van der Waals surface area contributed by atoms with Gasteiger partial charge in [0, 0.05) is 11.1 Å². The highest BCUT2D eigenvalue weighted by atomic mass is 16.4. The van der Waals surface area contributed by atoms with Crippen molar-refractivity contribution in [3.05, 3.63) is 11.1 Å². The fourth-order valence-corrected chi connectivity index (χ4v) is 3.73. The molecule has 4 heteroatoms. The van der Waals surface area contributed by atoms with E-state index in [9.17, 15) is 14.7 Å². The summed E-state index contributed by atoms with van der Waals surface area (Å²) in [6, 6.07) is 0. The van der Waals surface area contributed by atoms with Crippen molar-refractivity contribution in [2.75, 3.05) is 0 Å². The van der Waals surface area contributed by atoms with E-state index >= 15 is 0 Å². The number of rotatable bonds is 20. The van der Waals surface area contributed by atoms with Crippen molar-refractivity contribution in [1.82, 2.24) is 0 Å². The van der Waals surface area contributed by atoms with Crippen LogP contribution in [-0.4, -0.2) is 22.2 Å². The van der Waals surface area contributed by atoms with E-state index in [-0.39, 0.29) is 17.6 Å². The SMILES string of the molecule is CCCCCCCCCCCCCCCCCC/C(C(=O)O)=C(/CC)C(=O)O. The van der Waals surface area contributed by atoms with Crippen LogP contribution in [-0.2, 0) is 9.59 Å². The first-order chi connectivity index (χ1) is 13.5. The predicted molar refractivity (Wildman–Crippen MR) is 117 cm³/mol. The smallest absolute Gasteiger partial charge is 0.332 e. The lowest BCUT2D eigenvalue weighted by Crippen LogP contribution is -2.11. The van der Waals surface area contributed by atoms with Gasteiger partial charge in [0.05, 0.1) is 0 Å². The first-order valence-corrected chi connectivity index (χ1v) is 11.7. The quantitative estimate of drug-likeness (QED) is 0.165. The first-order valence-electron chi connectivity index (χ1n) is 11.7. The number of carboxylic acid groups (broad SMARTS) is 2. The largest absolute Gasteiger partial charge is 0.478 e. The van der Waals surface area contributed by atoms with Crippen LogP contribution in [0.1, 0.15) is 129 Å². The third kappa shape index (κ3) is 14.7. The first kappa shape index (κ1) is 26.7. The minimum atomic E-state index is -1.10. The molecule has 0 atom stereocenters. The molecular formula is C24H44O4. The molecule has 0 amide bonds. The second kappa shape index (κ2) is 19.0. The van der Waals surface area contributed by atoms with E-state index < -0.39 is 11.9 Å². The lowest BCUT2D eigenvalue weighted by atomic mass is 9.99. The van der Waals surface area contributed by atoms with Crippen molar-refractivity contribution in [2.24, 2.45) is 0 Å². The standard InChI is InChI=1S/C24H44O4/c1-3-5-6-7-8-9-10-11-12-13-14-15-16-17-18-19-20-22(24(27)28)21(4-2)23(25)26/h3-20H2,1-2H3,(H,25,26)(H,27,28)/b22-21+. The van der Waals surface area contributed by atoms with Crippen molar-refractivity contribution >= 4 is 11.9 Å². The van der Waals surface area contributed by atoms with Gasteiger partial charge in [-0.1, -0.05) is 110 Å². The summed E-state index contributed by atoms with van der Waals surface area (Å²) in [5.74, 6) is -2.18. The Kier molecular flexibility index (Phi) is 18.1. The van der Waals surface area contributed by atoms with Crippen LogP contribution in [0.3, 0.4) is 0 Å². The molecule has 0 aromatic heterocycles. The van der Waals surface area contributed by atoms with Gasteiger partial charge in [-0.05, 0) is 19.3 Å². The Labute approximate surface area is 172 Å². The summed E-state index contributed by atoms with van der Waals surface area (Å²) in [5, 5.41) is 18.3. The molecule has 0 aliphatic heterocycles. The van der Waals surface area contributed by atoms with Crippen molar-refractivity contribution in [2.45, 2.75) is 129 Å². The van der Waals surface area contributed by atoms with Crippen LogP contribution >= 0.6 is 0 Å². The van der Waals surface area contributed by atoms with Gasteiger partial charge < -0.3 is 10.2 Å². The molecule has 4 nitrogen and oxygen atoms in total. The van der Waals surface area contributed by atoms with Crippen molar-refractivity contribution in [3.8, 4) is 0 Å². The zero-order valence-electron chi connectivity index (χ0n) is 18.4. The van der Waals surface area contributed by atoms with E-state index in [1.165, 1.54) is 83.5 Å². The van der Waals surface area contributed by atoms with E-state index in [1.54, 1.807) is 6.92 Å². The van der Waals surface area contributed by atoms with E-state index in [1.807, 2.05) is 0 Å². The minimum Gasteiger partial charge on any atom is -0.478 e. The van der Waals surface area contributed by atoms with Crippen LogP contribution in [0.4, 0.5) is 0 Å². The summed E-state index contributed by atoms with van der Waals surface area (Å²) in [4.78, 5) is 22.4. The molecule has 2 N–H and O–H groups in total. The molecule has 0 heterocycles. The van der Waals surface area contributed by atoms with Gasteiger partial charge in [0.25, 0.3) is 0 Å². The normalized spacial score (nSPS) is 12.1. The molecule has 28 heavy (non-hydrogen) atoms. The Morgan fingerprint density at radius 1 is 0.500 bits per heavy atom. The zero-order valence-corrected chi connectivity index (χ0v) is 18.4. The molecule has 0 aliphatic rings. The van der Waals surface area contributed by atoms with Crippen LogP contribution in [0, 0.1) is 0 Å². The molecule has 164 valence electrons. The number of hydrogen-bond acceptors (Lipinski definition) is 2. The van der Waals surface area contributed by atoms with Crippen molar-refractivity contribution < 1.29 is 19.8 Å². The van der Waals surface area contributed by atoms with Gasteiger partial charge in [0.2, 0.25) is 0 Å². The van der Waals surface area contributed by atoms with Gasteiger partial charge in [0.1, 0.15) is 0 Å². The number of carbonyl (C=O) groups is 2. The molecule has 0 unspecified atom stereocenters. The van der Waals surface area contributed by atoms with Crippen molar-refractivity contribution in [3.63, 3.8) is 0 Å². The van der Waals surface area contributed by atoms with Gasteiger partial charge in [-0.25, -0.2) is 9.59 Å². The average molecular weight is 397 g/mol. The fourth-order valence-electron chi connectivity index (χ4n) is 3.73. The van der Waals surface area contributed by atoms with Crippen LogP contribution < -0.4 is 0 Å². The average Bonchev–Trinajstić information content (AvgIpc) is 2.66. The number of unbranched alkanes of at least 4 members (excludes halogenated alkanes) is 15. The summed E-state index contributed by atoms with van der Waals surface area (Å²) >= 11 is 0. The van der Waals surface area contributed by atoms with Crippen LogP contribution in [0.2, 0.25) is 0 Å². The van der Waals surface area contributed by atoms with E-state index in [0.717, 1.165) is 19.3 Å². The fraction of sp³-hybridized carbons (Fsp3) is 0.833. The maximum Gasteiger partial charge on any atom is 0.332 e. The summed E-state index contributed by atoms with van der Waals surface area (Å²) in [5.41, 5.74) is 0.133. The molecule has 0 aromatic carbocycles. The van der Waals surface area contributed by atoms with Gasteiger partial charge in [-0.15, -0.1) is 0 Å². The zero-order chi connectivity index (χ0) is 21.0. The van der Waals surface area contributed by atoms with Gasteiger partial charge in [-0.2, -0.15) is 0 Å². The highest BCUT2D eigenvalue weighted by Crippen LogP contribution is 2.19. The van der Waals surface area contributed by atoms with Crippen LogP contribution in [0.25, 0.3) is 0 Å². The second-order valence-corrected chi connectivity index (χ2v) is 7.97. The molecule has 0 saturated heterocycles. The number of hydrogen-bond donors (Lipinski definition) is 2. The summed E-state index contributed by atoms with van der Waals surface area (Å²) in [6.45, 7) is 3.96. The highest BCUT2D eigenvalue weighted by molar-refractivity contribution is 5.98. The molecule has 0 bridgehead atoms. The van der Waals surface area contributed by atoms with E-state index in [0.29, 0.717) is 6.42 Å². The highest BCUT2D eigenvalue weighted by Gasteiger charge is 2.17. The summed E-state index contributed by atoms with van der Waals surface area (Å²) in [6.07, 6.45) is 21.0. The Bertz CT molecular complexity index is 440. The topological polar surface area (TPSA) is 74.6 Å². The molecule has 0 aromatic rings. The van der Waals surface area contributed by atoms with Crippen LogP contribution in [0.15, 0.2) is 11.1 Å². The van der Waals surface area contributed by atoms with E-state index in [4.69, 9.17) is 5.11 Å². The summed E-state index contributed by atoms with van der Waals surface area (Å²) in [7, 11) is 0. The molecular weight excluding hydrogens is 352 g/mol. The molecule has 0 radical (unpaired) electrons. The number of carboxylic acids is 2. The molecule has 0 spiro atoms. The van der Waals surface area contributed by atoms with Crippen molar-refractivity contribution in [1.29, 1.82) is 0 Å². The van der Waals surface area contributed by atoms with Crippen LogP contribution in [0.5, 0.6) is 0 Å². The van der Waals surface area contributed by atoms with Gasteiger partial charge in [0.15, 0.2) is 0 Å². The second-order valence-electron chi connectivity index (χ2n) is 7.97. The third-order valence-electron chi connectivity index (χ3n) is 5.51. The Morgan fingerprint density at radius 3 is 1.11 bits per heavy atom. The monoisotopic (exact) mass is 396 g/mol. The van der Waals surface area contributed by atoms with Gasteiger partial charge in [-0.3, -0.25) is 0 Å². The van der Waals surface area contributed by atoms with E-state index in [2.05, 4.69) is 6.92 Å².